The summed E-state index contributed by atoms with van der Waals surface area (Å²) in [6.45, 7) is 4.11. The fourth-order valence-corrected chi connectivity index (χ4v) is 5.01. The number of pyridine rings is 1. The van der Waals surface area contributed by atoms with Gasteiger partial charge in [0.1, 0.15) is 0 Å². The van der Waals surface area contributed by atoms with Crippen LogP contribution in [0.15, 0.2) is 52.2 Å². The number of anilines is 1. The van der Waals surface area contributed by atoms with Gasteiger partial charge >= 0.3 is 0 Å². The average Bonchev–Trinajstić information content (AvgIpc) is 2.69. The van der Waals surface area contributed by atoms with E-state index < -0.39 is 21.5 Å². The summed E-state index contributed by atoms with van der Waals surface area (Å²) in [7, 11) is -3.74. The van der Waals surface area contributed by atoms with Crippen LogP contribution < -0.4 is 10.9 Å². The first-order valence-electron chi connectivity index (χ1n) is 9.11. The predicted octanol–water partition coefficient (Wildman–Crippen LogP) is 4.12. The molecule has 2 aromatic carbocycles. The topological polar surface area (TPSA) is 99.3 Å². The van der Waals surface area contributed by atoms with Crippen molar-refractivity contribution < 1.29 is 13.2 Å². The summed E-state index contributed by atoms with van der Waals surface area (Å²) in [6, 6.07) is 9.96. The Balaban J connectivity index is 2.12. The molecule has 0 aliphatic rings. The zero-order valence-corrected chi connectivity index (χ0v) is 18.5. The maximum absolute atomic E-state index is 12.9. The first-order valence-corrected chi connectivity index (χ1v) is 11.3. The van der Waals surface area contributed by atoms with Crippen LogP contribution in [0.2, 0.25) is 10.0 Å². The Kier molecular flexibility index (Phi) is 6.52. The Hall–Kier alpha value is -2.39. The van der Waals surface area contributed by atoms with Crippen molar-refractivity contribution in [3.8, 4) is 0 Å². The molecule has 0 aliphatic carbocycles. The van der Waals surface area contributed by atoms with E-state index in [1.165, 1.54) is 34.6 Å². The van der Waals surface area contributed by atoms with Crippen molar-refractivity contribution >= 4 is 55.7 Å². The third-order valence-corrected chi connectivity index (χ3v) is 7.18. The molecule has 1 amide bonds. The minimum atomic E-state index is -3.74. The summed E-state index contributed by atoms with van der Waals surface area (Å²) in [5, 5.41) is 3.57. The molecule has 10 heteroatoms. The minimum absolute atomic E-state index is 0.0244. The Labute approximate surface area is 183 Å². The third kappa shape index (κ3) is 4.37. The van der Waals surface area contributed by atoms with Crippen molar-refractivity contribution in [2.75, 3.05) is 18.4 Å². The fraction of sp³-hybridized carbons (Fsp3) is 0.200. The standard InChI is InChI=1S/C20H19Cl2N3O4S/c1-3-25(4-2)30(28,29)13-6-8-17-14(10-13)15(11-19(26)23-17)20(27)24-18-7-5-12(21)9-16(18)22/h5-11H,3-4H2,1-2H3,(H,23,26)(H,24,27). The molecule has 3 rings (SSSR count). The highest BCUT2D eigenvalue weighted by atomic mass is 35.5. The lowest BCUT2D eigenvalue weighted by Gasteiger charge is -2.19. The third-order valence-electron chi connectivity index (χ3n) is 4.58. The molecule has 1 aromatic heterocycles. The summed E-state index contributed by atoms with van der Waals surface area (Å²) in [6.07, 6.45) is 0. The lowest BCUT2D eigenvalue weighted by atomic mass is 10.1. The van der Waals surface area contributed by atoms with Gasteiger partial charge in [-0.1, -0.05) is 37.0 Å². The number of H-pyrrole nitrogens is 1. The molecule has 0 spiro atoms. The maximum Gasteiger partial charge on any atom is 0.256 e. The molecular formula is C20H19Cl2N3O4S. The first kappa shape index (κ1) is 22.3. The van der Waals surface area contributed by atoms with Crippen LogP contribution in [0.5, 0.6) is 0 Å². The zero-order valence-electron chi connectivity index (χ0n) is 16.2. The molecule has 0 saturated carbocycles. The van der Waals surface area contributed by atoms with Crippen molar-refractivity contribution in [1.29, 1.82) is 0 Å². The number of rotatable bonds is 6. The highest BCUT2D eigenvalue weighted by Gasteiger charge is 2.23. The highest BCUT2D eigenvalue weighted by Crippen LogP contribution is 2.27. The molecule has 158 valence electrons. The molecule has 1 heterocycles. The number of nitrogens with one attached hydrogen (secondary N) is 2. The van der Waals surface area contributed by atoms with Gasteiger partial charge in [0.25, 0.3) is 5.91 Å². The van der Waals surface area contributed by atoms with E-state index >= 15 is 0 Å². The number of amides is 1. The molecule has 0 atom stereocenters. The quantitative estimate of drug-likeness (QED) is 0.569. The molecule has 0 radical (unpaired) electrons. The van der Waals surface area contributed by atoms with E-state index in [0.29, 0.717) is 34.7 Å². The summed E-state index contributed by atoms with van der Waals surface area (Å²) < 4.78 is 27.1. The zero-order chi connectivity index (χ0) is 22.1. The van der Waals surface area contributed by atoms with Crippen LogP contribution in [0, 0.1) is 0 Å². The number of aromatic nitrogens is 1. The van der Waals surface area contributed by atoms with Gasteiger partial charge in [-0.05, 0) is 36.4 Å². The molecule has 0 saturated heterocycles. The average molecular weight is 468 g/mol. The van der Waals surface area contributed by atoms with Crippen molar-refractivity contribution in [3.63, 3.8) is 0 Å². The van der Waals surface area contributed by atoms with Gasteiger partial charge in [0, 0.05) is 35.1 Å². The van der Waals surface area contributed by atoms with E-state index in [9.17, 15) is 18.0 Å². The molecule has 0 aliphatic heterocycles. The number of fused-ring (bicyclic) bond motifs is 1. The lowest BCUT2D eigenvalue weighted by molar-refractivity contribution is 0.102. The van der Waals surface area contributed by atoms with Gasteiger partial charge < -0.3 is 10.3 Å². The fourth-order valence-electron chi connectivity index (χ4n) is 3.07. The molecular weight excluding hydrogens is 449 g/mol. The van der Waals surface area contributed by atoms with E-state index in [0.717, 1.165) is 6.07 Å². The van der Waals surface area contributed by atoms with E-state index in [2.05, 4.69) is 10.3 Å². The van der Waals surface area contributed by atoms with Crippen molar-refractivity contribution in [2.24, 2.45) is 0 Å². The number of benzene rings is 2. The van der Waals surface area contributed by atoms with Gasteiger partial charge in [-0.15, -0.1) is 0 Å². The molecule has 0 fully saturated rings. The van der Waals surface area contributed by atoms with Crippen LogP contribution in [0.25, 0.3) is 10.9 Å². The molecule has 3 aromatic rings. The van der Waals surface area contributed by atoms with E-state index in [-0.39, 0.29) is 15.5 Å². The normalized spacial score (nSPS) is 11.8. The van der Waals surface area contributed by atoms with Crippen LogP contribution in [-0.4, -0.2) is 36.7 Å². The van der Waals surface area contributed by atoms with Crippen molar-refractivity contribution in [2.45, 2.75) is 18.7 Å². The van der Waals surface area contributed by atoms with E-state index in [1.54, 1.807) is 19.9 Å². The number of hydrogen-bond donors (Lipinski definition) is 2. The Morgan fingerprint density at radius 3 is 2.40 bits per heavy atom. The number of sulfonamides is 1. The summed E-state index contributed by atoms with van der Waals surface area (Å²) in [4.78, 5) is 27.6. The van der Waals surface area contributed by atoms with Crippen LogP contribution in [0.4, 0.5) is 5.69 Å². The molecule has 0 unspecified atom stereocenters. The van der Waals surface area contributed by atoms with Gasteiger partial charge in [0.2, 0.25) is 15.6 Å². The Bertz CT molecular complexity index is 1280. The van der Waals surface area contributed by atoms with E-state index in [1.807, 2.05) is 0 Å². The van der Waals surface area contributed by atoms with Crippen LogP contribution >= 0.6 is 23.2 Å². The molecule has 7 nitrogen and oxygen atoms in total. The van der Waals surface area contributed by atoms with Gasteiger partial charge in [0.15, 0.2) is 0 Å². The summed E-state index contributed by atoms with van der Waals surface area (Å²) in [5.41, 5.74) is 0.185. The van der Waals surface area contributed by atoms with Crippen LogP contribution in [0.1, 0.15) is 24.2 Å². The van der Waals surface area contributed by atoms with Crippen LogP contribution in [-0.2, 0) is 10.0 Å². The number of carbonyl (C=O) groups excluding carboxylic acids is 1. The number of hydrogen-bond acceptors (Lipinski definition) is 4. The second kappa shape index (κ2) is 8.77. The SMILES string of the molecule is CCN(CC)S(=O)(=O)c1ccc2[nH]c(=O)cc(C(=O)Nc3ccc(Cl)cc3Cl)c2c1. The lowest BCUT2D eigenvalue weighted by Crippen LogP contribution is -2.30. The summed E-state index contributed by atoms with van der Waals surface area (Å²) >= 11 is 12.0. The Morgan fingerprint density at radius 1 is 1.07 bits per heavy atom. The number of carbonyl (C=O) groups is 1. The highest BCUT2D eigenvalue weighted by molar-refractivity contribution is 7.89. The second-order valence-electron chi connectivity index (χ2n) is 6.42. The predicted molar refractivity (Wildman–Crippen MR) is 119 cm³/mol. The first-order chi connectivity index (χ1) is 14.2. The van der Waals surface area contributed by atoms with Crippen molar-refractivity contribution in [3.05, 3.63) is 68.4 Å². The molecule has 0 bridgehead atoms. The molecule has 30 heavy (non-hydrogen) atoms. The minimum Gasteiger partial charge on any atom is -0.322 e. The summed E-state index contributed by atoms with van der Waals surface area (Å²) in [5.74, 6) is -0.604. The number of aromatic amines is 1. The molecule has 2 N–H and O–H groups in total. The maximum atomic E-state index is 12.9. The van der Waals surface area contributed by atoms with Gasteiger partial charge in [-0.3, -0.25) is 9.59 Å². The number of nitrogens with zero attached hydrogens (tertiary/aromatic N) is 1. The second-order valence-corrected chi connectivity index (χ2v) is 9.20. The van der Waals surface area contributed by atoms with Gasteiger partial charge in [-0.25, -0.2) is 8.42 Å². The van der Waals surface area contributed by atoms with Crippen molar-refractivity contribution in [1.82, 2.24) is 9.29 Å². The smallest absolute Gasteiger partial charge is 0.256 e. The van der Waals surface area contributed by atoms with Crippen LogP contribution in [0.3, 0.4) is 0 Å². The van der Waals surface area contributed by atoms with Gasteiger partial charge in [0.05, 0.1) is 21.2 Å². The number of halogens is 2. The largest absolute Gasteiger partial charge is 0.322 e. The van der Waals surface area contributed by atoms with E-state index in [4.69, 9.17) is 23.2 Å². The van der Waals surface area contributed by atoms with Gasteiger partial charge in [-0.2, -0.15) is 4.31 Å². The Morgan fingerprint density at radius 2 is 1.77 bits per heavy atom. The monoisotopic (exact) mass is 467 g/mol.